The lowest BCUT2D eigenvalue weighted by molar-refractivity contribution is 0.0945. The summed E-state index contributed by atoms with van der Waals surface area (Å²) in [5.74, 6) is 1.28. The van der Waals surface area contributed by atoms with E-state index in [1.54, 1.807) is 0 Å². The first-order valence-electron chi connectivity index (χ1n) is 6.27. The van der Waals surface area contributed by atoms with Crippen LogP contribution >= 0.6 is 11.8 Å². The van der Waals surface area contributed by atoms with Crippen LogP contribution in [0.1, 0.15) is 10.4 Å². The van der Waals surface area contributed by atoms with E-state index in [0.29, 0.717) is 6.54 Å². The number of phenolic OH excluding ortho intramolecular Hbond substituents is 2. The van der Waals surface area contributed by atoms with Crippen molar-refractivity contribution in [1.82, 2.24) is 10.2 Å². The number of hydrogen-bond donors (Lipinski definition) is 3. The summed E-state index contributed by atoms with van der Waals surface area (Å²) in [5, 5.41) is 21.7. The smallest absolute Gasteiger partial charge is 0.255 e. The number of aromatic hydroxyl groups is 2. The van der Waals surface area contributed by atoms with Gasteiger partial charge in [-0.3, -0.25) is 9.69 Å². The molecule has 0 atom stereocenters. The van der Waals surface area contributed by atoms with Crippen molar-refractivity contribution in [2.75, 3.05) is 37.7 Å². The molecule has 0 radical (unpaired) electrons. The molecule has 19 heavy (non-hydrogen) atoms. The van der Waals surface area contributed by atoms with Crippen LogP contribution in [-0.4, -0.2) is 58.7 Å². The summed E-state index contributed by atoms with van der Waals surface area (Å²) in [7, 11) is 0. The van der Waals surface area contributed by atoms with Gasteiger partial charge in [0.15, 0.2) is 11.5 Å². The molecule has 0 aromatic heterocycles. The van der Waals surface area contributed by atoms with Crippen molar-refractivity contribution in [2.24, 2.45) is 0 Å². The Balaban J connectivity index is 1.82. The van der Waals surface area contributed by atoms with E-state index in [4.69, 9.17) is 0 Å². The average Bonchev–Trinajstić information content (AvgIpc) is 2.43. The number of nitrogens with one attached hydrogen (secondary N) is 1. The van der Waals surface area contributed by atoms with Crippen molar-refractivity contribution >= 4 is 17.7 Å². The molecule has 0 spiro atoms. The minimum Gasteiger partial charge on any atom is -0.504 e. The van der Waals surface area contributed by atoms with Crippen LogP contribution < -0.4 is 5.32 Å². The van der Waals surface area contributed by atoms with E-state index in [9.17, 15) is 15.0 Å². The molecule has 1 amide bonds. The van der Waals surface area contributed by atoms with Crippen molar-refractivity contribution in [1.29, 1.82) is 0 Å². The minimum absolute atomic E-state index is 0.106. The molecule has 1 heterocycles. The van der Waals surface area contributed by atoms with Gasteiger partial charge in [0.1, 0.15) is 0 Å². The maximum Gasteiger partial charge on any atom is 0.255 e. The summed E-state index contributed by atoms with van der Waals surface area (Å²) >= 11 is 1.95. The molecule has 6 heteroatoms. The van der Waals surface area contributed by atoms with Gasteiger partial charge in [-0.1, -0.05) is 6.07 Å². The maximum atomic E-state index is 11.9. The number of hydrogen-bond acceptors (Lipinski definition) is 5. The van der Waals surface area contributed by atoms with Crippen molar-refractivity contribution in [3.63, 3.8) is 0 Å². The van der Waals surface area contributed by atoms with Crippen LogP contribution in [0.15, 0.2) is 18.2 Å². The lowest BCUT2D eigenvalue weighted by Gasteiger charge is -2.26. The third kappa shape index (κ3) is 3.78. The molecule has 3 N–H and O–H groups in total. The summed E-state index contributed by atoms with van der Waals surface area (Å²) in [6.07, 6.45) is 0. The van der Waals surface area contributed by atoms with Crippen molar-refractivity contribution in [3.8, 4) is 11.5 Å². The monoisotopic (exact) mass is 282 g/mol. The van der Waals surface area contributed by atoms with Crippen LogP contribution in [0.5, 0.6) is 11.5 Å². The number of rotatable bonds is 4. The highest BCUT2D eigenvalue weighted by Crippen LogP contribution is 2.27. The van der Waals surface area contributed by atoms with E-state index in [1.807, 2.05) is 11.8 Å². The van der Waals surface area contributed by atoms with E-state index in [-0.39, 0.29) is 23.0 Å². The molecule has 1 saturated heterocycles. The van der Waals surface area contributed by atoms with Gasteiger partial charge in [0, 0.05) is 37.7 Å². The Labute approximate surface area is 116 Å². The zero-order chi connectivity index (χ0) is 13.7. The highest BCUT2D eigenvalue weighted by molar-refractivity contribution is 7.99. The first kappa shape index (κ1) is 14.0. The second-order valence-corrected chi connectivity index (χ2v) is 5.61. The zero-order valence-electron chi connectivity index (χ0n) is 10.6. The third-order valence-corrected chi connectivity index (χ3v) is 4.02. The lowest BCUT2D eigenvalue weighted by atomic mass is 10.1. The molecule has 1 aromatic carbocycles. The SMILES string of the molecule is O=C(NCCN1CCSCC1)c1cccc(O)c1O. The molecule has 0 bridgehead atoms. The molecule has 1 aliphatic rings. The molecular formula is C13H18N2O3S. The van der Waals surface area contributed by atoms with Crippen LogP contribution in [0.4, 0.5) is 0 Å². The molecule has 0 unspecified atom stereocenters. The van der Waals surface area contributed by atoms with E-state index >= 15 is 0 Å². The van der Waals surface area contributed by atoms with Gasteiger partial charge in [0.2, 0.25) is 0 Å². The van der Waals surface area contributed by atoms with Gasteiger partial charge in [0.05, 0.1) is 5.56 Å². The van der Waals surface area contributed by atoms with Crippen molar-refractivity contribution in [3.05, 3.63) is 23.8 Å². The Morgan fingerprint density at radius 3 is 2.79 bits per heavy atom. The van der Waals surface area contributed by atoms with Gasteiger partial charge >= 0.3 is 0 Å². The number of nitrogens with zero attached hydrogens (tertiary/aromatic N) is 1. The van der Waals surface area contributed by atoms with Gasteiger partial charge < -0.3 is 15.5 Å². The molecule has 2 rings (SSSR count). The topological polar surface area (TPSA) is 72.8 Å². The average molecular weight is 282 g/mol. The predicted molar refractivity (Wildman–Crippen MR) is 75.9 cm³/mol. The first-order chi connectivity index (χ1) is 9.18. The third-order valence-electron chi connectivity index (χ3n) is 3.08. The number of amides is 1. The largest absolute Gasteiger partial charge is 0.504 e. The molecule has 1 aliphatic heterocycles. The number of para-hydroxylation sites is 1. The normalized spacial score (nSPS) is 16.2. The highest BCUT2D eigenvalue weighted by atomic mass is 32.2. The molecular weight excluding hydrogens is 264 g/mol. The summed E-state index contributed by atoms with van der Waals surface area (Å²) in [5.41, 5.74) is 0.106. The quantitative estimate of drug-likeness (QED) is 0.715. The van der Waals surface area contributed by atoms with Gasteiger partial charge in [-0.05, 0) is 12.1 Å². The fourth-order valence-electron chi connectivity index (χ4n) is 1.96. The Morgan fingerprint density at radius 2 is 2.05 bits per heavy atom. The van der Waals surface area contributed by atoms with E-state index < -0.39 is 0 Å². The predicted octanol–water partition coefficient (Wildman–Crippen LogP) is 0.876. The second-order valence-electron chi connectivity index (χ2n) is 4.38. The summed E-state index contributed by atoms with van der Waals surface area (Å²) in [4.78, 5) is 14.2. The molecule has 1 aromatic rings. The Bertz CT molecular complexity index is 448. The van der Waals surface area contributed by atoms with Crippen molar-refractivity contribution in [2.45, 2.75) is 0 Å². The van der Waals surface area contributed by atoms with Gasteiger partial charge in [-0.2, -0.15) is 11.8 Å². The van der Waals surface area contributed by atoms with Crippen LogP contribution in [-0.2, 0) is 0 Å². The van der Waals surface area contributed by atoms with Crippen LogP contribution in [0.25, 0.3) is 0 Å². The van der Waals surface area contributed by atoms with Crippen LogP contribution in [0.2, 0.25) is 0 Å². The number of thioether (sulfide) groups is 1. The van der Waals surface area contributed by atoms with E-state index in [2.05, 4.69) is 10.2 Å². The number of carbonyl (C=O) groups excluding carboxylic acids is 1. The number of benzene rings is 1. The fourth-order valence-corrected chi connectivity index (χ4v) is 2.94. The summed E-state index contributed by atoms with van der Waals surface area (Å²) < 4.78 is 0. The van der Waals surface area contributed by atoms with Crippen molar-refractivity contribution < 1.29 is 15.0 Å². The number of phenols is 2. The molecule has 0 saturated carbocycles. The Kier molecular flexibility index (Phi) is 4.93. The van der Waals surface area contributed by atoms with E-state index in [0.717, 1.165) is 31.1 Å². The molecule has 0 aliphatic carbocycles. The first-order valence-corrected chi connectivity index (χ1v) is 7.43. The Morgan fingerprint density at radius 1 is 1.32 bits per heavy atom. The lowest BCUT2D eigenvalue weighted by Crippen LogP contribution is -2.39. The van der Waals surface area contributed by atoms with E-state index in [1.165, 1.54) is 18.2 Å². The highest BCUT2D eigenvalue weighted by Gasteiger charge is 2.14. The maximum absolute atomic E-state index is 11.9. The molecule has 5 nitrogen and oxygen atoms in total. The second kappa shape index (κ2) is 6.68. The Hall–Kier alpha value is -1.40. The fraction of sp³-hybridized carbons (Fsp3) is 0.462. The standard InChI is InChI=1S/C13H18N2O3S/c16-11-3-1-2-10(12(11)17)13(18)14-4-5-15-6-8-19-9-7-15/h1-3,16-17H,4-9H2,(H,14,18). The van der Waals surface area contributed by atoms with Crippen LogP contribution in [0, 0.1) is 0 Å². The van der Waals surface area contributed by atoms with Crippen LogP contribution in [0.3, 0.4) is 0 Å². The van der Waals surface area contributed by atoms with Gasteiger partial charge in [0.25, 0.3) is 5.91 Å². The van der Waals surface area contributed by atoms with Gasteiger partial charge in [-0.15, -0.1) is 0 Å². The molecule has 104 valence electrons. The van der Waals surface area contributed by atoms with Gasteiger partial charge in [-0.25, -0.2) is 0 Å². The summed E-state index contributed by atoms with van der Waals surface area (Å²) in [6, 6.07) is 4.37. The minimum atomic E-state index is -0.366. The zero-order valence-corrected chi connectivity index (χ0v) is 11.4. The summed E-state index contributed by atoms with van der Waals surface area (Å²) in [6.45, 7) is 3.46. The number of carbonyl (C=O) groups is 1. The molecule has 1 fully saturated rings.